The highest BCUT2D eigenvalue weighted by molar-refractivity contribution is 6.34. The summed E-state index contributed by atoms with van der Waals surface area (Å²) in [7, 11) is 1.55. The van der Waals surface area contributed by atoms with Crippen molar-refractivity contribution >= 4 is 11.6 Å². The van der Waals surface area contributed by atoms with Gasteiger partial charge in [0.2, 0.25) is 0 Å². The van der Waals surface area contributed by atoms with E-state index in [1.165, 1.54) is 0 Å². The van der Waals surface area contributed by atoms with Gasteiger partial charge in [0, 0.05) is 18.1 Å². The van der Waals surface area contributed by atoms with Gasteiger partial charge in [-0.25, -0.2) is 0 Å². The molecule has 0 aliphatic carbocycles. The first kappa shape index (κ1) is 12.3. The van der Waals surface area contributed by atoms with Crippen LogP contribution in [0.3, 0.4) is 0 Å². The molecule has 2 rings (SSSR count). The van der Waals surface area contributed by atoms with Crippen LogP contribution in [0, 0.1) is 0 Å². The number of benzene rings is 1. The molecule has 0 bridgehead atoms. The largest absolute Gasteiger partial charge is 0.495 e. The number of methoxy groups -OCH3 is 1. The molecule has 5 heteroatoms. The van der Waals surface area contributed by atoms with Gasteiger partial charge in [-0.1, -0.05) is 18.5 Å². The van der Waals surface area contributed by atoms with Gasteiger partial charge < -0.3 is 19.3 Å². The molecule has 94 valence electrons. The maximum absolute atomic E-state index is 9.23. The number of hydrogen-bond acceptors (Lipinski definition) is 4. The van der Waals surface area contributed by atoms with E-state index in [0.717, 1.165) is 5.56 Å². The van der Waals surface area contributed by atoms with E-state index in [4.69, 9.17) is 25.8 Å². The monoisotopic (exact) mass is 258 g/mol. The zero-order valence-electron chi connectivity index (χ0n) is 9.83. The van der Waals surface area contributed by atoms with Crippen molar-refractivity contribution < 1.29 is 19.3 Å². The van der Waals surface area contributed by atoms with Gasteiger partial charge in [-0.15, -0.1) is 0 Å². The standard InChI is InChI=1S/C12H15ClO4/c1-7(6-14)8-5-9-12(17-4-3-16-9)10(13)11(8)15-2/h5,7,14H,3-4,6H2,1-2H3. The molecule has 0 aromatic heterocycles. The normalized spacial score (nSPS) is 15.5. The molecule has 1 aromatic carbocycles. The van der Waals surface area contributed by atoms with Crippen molar-refractivity contribution in [1.82, 2.24) is 0 Å². The number of aliphatic hydroxyl groups excluding tert-OH is 1. The summed E-state index contributed by atoms with van der Waals surface area (Å²) in [5.41, 5.74) is 0.823. The summed E-state index contributed by atoms with van der Waals surface area (Å²) >= 11 is 6.22. The molecule has 1 aromatic rings. The first-order valence-corrected chi connectivity index (χ1v) is 5.83. The van der Waals surface area contributed by atoms with E-state index < -0.39 is 0 Å². The SMILES string of the molecule is COc1c(C(C)CO)cc2c(c1Cl)OCCO2. The third-order valence-electron chi connectivity index (χ3n) is 2.77. The molecular formula is C12H15ClO4. The molecule has 0 saturated heterocycles. The Balaban J connectivity index is 2.55. The van der Waals surface area contributed by atoms with Gasteiger partial charge in [-0.3, -0.25) is 0 Å². The van der Waals surface area contributed by atoms with Crippen molar-refractivity contribution in [3.05, 3.63) is 16.7 Å². The Morgan fingerprint density at radius 2 is 2.18 bits per heavy atom. The molecule has 0 fully saturated rings. The summed E-state index contributed by atoms with van der Waals surface area (Å²) in [6, 6.07) is 1.82. The molecule has 1 aliphatic heterocycles. The predicted molar refractivity (Wildman–Crippen MR) is 64.5 cm³/mol. The van der Waals surface area contributed by atoms with Crippen LogP contribution in [0.15, 0.2) is 6.07 Å². The molecule has 0 amide bonds. The number of rotatable bonds is 3. The Morgan fingerprint density at radius 3 is 2.82 bits per heavy atom. The molecule has 1 N–H and O–H groups in total. The van der Waals surface area contributed by atoms with Gasteiger partial charge in [-0.2, -0.15) is 0 Å². The van der Waals surface area contributed by atoms with E-state index in [-0.39, 0.29) is 12.5 Å². The molecule has 1 unspecified atom stereocenters. The highest BCUT2D eigenvalue weighted by Crippen LogP contribution is 2.47. The lowest BCUT2D eigenvalue weighted by Gasteiger charge is -2.23. The minimum Gasteiger partial charge on any atom is -0.495 e. The maximum Gasteiger partial charge on any atom is 0.183 e. The molecule has 0 radical (unpaired) electrons. The molecule has 0 saturated carbocycles. The number of hydrogen-bond donors (Lipinski definition) is 1. The summed E-state index contributed by atoms with van der Waals surface area (Å²) in [6.45, 7) is 2.89. The summed E-state index contributed by atoms with van der Waals surface area (Å²) in [5, 5.41) is 9.64. The van der Waals surface area contributed by atoms with Crippen LogP contribution in [0.5, 0.6) is 17.2 Å². The average molecular weight is 259 g/mol. The molecule has 1 heterocycles. The Labute approximate surface area is 105 Å². The summed E-state index contributed by atoms with van der Waals surface area (Å²) in [4.78, 5) is 0. The average Bonchev–Trinajstić information content (AvgIpc) is 2.37. The van der Waals surface area contributed by atoms with E-state index in [0.29, 0.717) is 35.5 Å². The second-order valence-electron chi connectivity index (χ2n) is 3.92. The molecule has 17 heavy (non-hydrogen) atoms. The third-order valence-corrected chi connectivity index (χ3v) is 3.11. The molecular weight excluding hydrogens is 244 g/mol. The van der Waals surface area contributed by atoms with Gasteiger partial charge >= 0.3 is 0 Å². The first-order chi connectivity index (χ1) is 8.19. The van der Waals surface area contributed by atoms with E-state index in [9.17, 15) is 5.11 Å². The minimum atomic E-state index is -0.0710. The van der Waals surface area contributed by atoms with E-state index >= 15 is 0 Å². The zero-order chi connectivity index (χ0) is 12.4. The number of ether oxygens (including phenoxy) is 3. The fourth-order valence-corrected chi connectivity index (χ4v) is 2.15. The van der Waals surface area contributed by atoms with Crippen LogP contribution >= 0.6 is 11.6 Å². The Kier molecular flexibility index (Phi) is 3.64. The fraction of sp³-hybridized carbons (Fsp3) is 0.500. The Morgan fingerprint density at radius 1 is 1.47 bits per heavy atom. The second-order valence-corrected chi connectivity index (χ2v) is 4.30. The van der Waals surface area contributed by atoms with Crippen LogP contribution in [0.1, 0.15) is 18.4 Å². The van der Waals surface area contributed by atoms with Gasteiger partial charge in [0.25, 0.3) is 0 Å². The van der Waals surface area contributed by atoms with E-state index in [1.807, 2.05) is 13.0 Å². The van der Waals surface area contributed by atoms with Crippen molar-refractivity contribution in [2.45, 2.75) is 12.8 Å². The van der Waals surface area contributed by atoms with Gasteiger partial charge in [0.05, 0.1) is 7.11 Å². The van der Waals surface area contributed by atoms with Gasteiger partial charge in [0.15, 0.2) is 11.5 Å². The van der Waals surface area contributed by atoms with Crippen LogP contribution in [-0.2, 0) is 0 Å². The van der Waals surface area contributed by atoms with Crippen molar-refractivity contribution in [1.29, 1.82) is 0 Å². The van der Waals surface area contributed by atoms with Crippen molar-refractivity contribution in [2.75, 3.05) is 26.9 Å². The molecule has 4 nitrogen and oxygen atoms in total. The minimum absolute atomic E-state index is 0.0202. The highest BCUT2D eigenvalue weighted by atomic mass is 35.5. The maximum atomic E-state index is 9.23. The number of halogens is 1. The summed E-state index contributed by atoms with van der Waals surface area (Å²) in [6.07, 6.45) is 0. The first-order valence-electron chi connectivity index (χ1n) is 5.45. The lowest BCUT2D eigenvalue weighted by atomic mass is 10.00. The predicted octanol–water partition coefficient (Wildman–Crippen LogP) is 2.22. The van der Waals surface area contributed by atoms with Crippen LogP contribution in [0.25, 0.3) is 0 Å². The molecule has 1 atom stereocenters. The molecule has 0 spiro atoms. The van der Waals surface area contributed by atoms with Crippen molar-refractivity contribution in [3.63, 3.8) is 0 Å². The van der Waals surface area contributed by atoms with Gasteiger partial charge in [0.1, 0.15) is 24.0 Å². The fourth-order valence-electron chi connectivity index (χ4n) is 1.82. The Hall–Kier alpha value is -1.13. The smallest absolute Gasteiger partial charge is 0.183 e. The Bertz CT molecular complexity index is 419. The van der Waals surface area contributed by atoms with Crippen molar-refractivity contribution in [2.24, 2.45) is 0 Å². The topological polar surface area (TPSA) is 47.9 Å². The van der Waals surface area contributed by atoms with E-state index in [2.05, 4.69) is 0 Å². The second kappa shape index (κ2) is 5.02. The highest BCUT2D eigenvalue weighted by Gasteiger charge is 2.24. The number of fused-ring (bicyclic) bond motifs is 1. The van der Waals surface area contributed by atoms with Crippen molar-refractivity contribution in [3.8, 4) is 17.2 Å². The van der Waals surface area contributed by atoms with Crippen LogP contribution in [0.2, 0.25) is 5.02 Å². The zero-order valence-corrected chi connectivity index (χ0v) is 10.6. The quantitative estimate of drug-likeness (QED) is 0.903. The van der Waals surface area contributed by atoms with Crippen LogP contribution < -0.4 is 14.2 Å². The molecule has 1 aliphatic rings. The van der Waals surface area contributed by atoms with Crippen LogP contribution in [-0.4, -0.2) is 32.0 Å². The lowest BCUT2D eigenvalue weighted by molar-refractivity contribution is 0.170. The van der Waals surface area contributed by atoms with Gasteiger partial charge in [-0.05, 0) is 6.07 Å². The third kappa shape index (κ3) is 2.15. The lowest BCUT2D eigenvalue weighted by Crippen LogP contribution is -2.16. The summed E-state index contributed by atoms with van der Waals surface area (Å²) in [5.74, 6) is 1.59. The van der Waals surface area contributed by atoms with Crippen LogP contribution in [0.4, 0.5) is 0 Å². The number of aliphatic hydroxyl groups is 1. The summed E-state index contributed by atoms with van der Waals surface area (Å²) < 4.78 is 16.2. The van der Waals surface area contributed by atoms with E-state index in [1.54, 1.807) is 7.11 Å².